The minimum atomic E-state index is -0.708. The number of rotatable bonds is 5. The number of carbonyl (C=O) groups is 3. The number of aryl methyl sites for hydroxylation is 1. The van der Waals surface area contributed by atoms with Crippen LogP contribution in [0.2, 0.25) is 0 Å². The molecule has 0 aliphatic rings. The summed E-state index contributed by atoms with van der Waals surface area (Å²) in [7, 11) is 1.68. The van der Waals surface area contributed by atoms with E-state index in [1.165, 1.54) is 0 Å². The number of nitrogens with zero attached hydrogens (tertiary/aromatic N) is 1. The number of phenolic OH excluding ortho intramolecular Hbond substituents is 1. The average Bonchev–Trinajstić information content (AvgIpc) is 3.13. The van der Waals surface area contributed by atoms with Crippen molar-refractivity contribution >= 4 is 17.8 Å². The van der Waals surface area contributed by atoms with Crippen LogP contribution in [-0.2, 0) is 16.6 Å². The van der Waals surface area contributed by atoms with Gasteiger partial charge in [-0.05, 0) is 47.5 Å². The molecule has 0 saturated carbocycles. The van der Waals surface area contributed by atoms with Crippen molar-refractivity contribution in [3.8, 4) is 16.9 Å². The number of phenols is 1. The van der Waals surface area contributed by atoms with E-state index in [9.17, 15) is 19.5 Å². The van der Waals surface area contributed by atoms with Gasteiger partial charge in [0.2, 0.25) is 0 Å². The Kier molecular flexibility index (Phi) is 5.55. The number of ether oxygens (including phenoxy) is 1. The number of esters is 1. The Morgan fingerprint density at radius 1 is 0.964 bits per heavy atom. The van der Waals surface area contributed by atoms with Crippen LogP contribution in [0.15, 0.2) is 66.9 Å². The lowest BCUT2D eigenvalue weighted by Gasteiger charge is -2.07. The number of aromatic nitrogens is 1. The summed E-state index contributed by atoms with van der Waals surface area (Å²) in [6, 6.07) is 16.6. The van der Waals surface area contributed by atoms with Crippen molar-refractivity contribution in [2.75, 3.05) is 6.61 Å². The van der Waals surface area contributed by atoms with E-state index in [-0.39, 0.29) is 11.3 Å². The minimum absolute atomic E-state index is 0.174. The lowest BCUT2D eigenvalue weighted by atomic mass is 10.0. The molecule has 0 aliphatic heterocycles. The molecule has 142 valence electrons. The molecule has 28 heavy (non-hydrogen) atoms. The fourth-order valence-electron chi connectivity index (χ4n) is 2.59. The second kappa shape index (κ2) is 8.22. The van der Waals surface area contributed by atoms with E-state index in [4.69, 9.17) is 4.74 Å². The van der Waals surface area contributed by atoms with Gasteiger partial charge >= 0.3 is 5.97 Å². The van der Waals surface area contributed by atoms with E-state index < -0.39 is 24.4 Å². The topological polar surface area (TPSA) is 97.6 Å². The van der Waals surface area contributed by atoms with Crippen molar-refractivity contribution in [2.45, 2.75) is 0 Å². The molecule has 1 aromatic heterocycles. The summed E-state index contributed by atoms with van der Waals surface area (Å²) < 4.78 is 6.53. The number of hydrogen-bond donors (Lipinski definition) is 2. The summed E-state index contributed by atoms with van der Waals surface area (Å²) in [5.41, 5.74) is 2.35. The maximum absolute atomic E-state index is 12.1. The second-order valence-corrected chi connectivity index (χ2v) is 6.08. The van der Waals surface area contributed by atoms with Gasteiger partial charge in [0.05, 0.1) is 5.56 Å². The smallest absolute Gasteiger partial charge is 0.338 e. The summed E-state index contributed by atoms with van der Waals surface area (Å²) in [6.45, 7) is -0.561. The van der Waals surface area contributed by atoms with E-state index in [2.05, 4.69) is 5.32 Å². The van der Waals surface area contributed by atoms with Gasteiger partial charge in [-0.3, -0.25) is 14.9 Å². The van der Waals surface area contributed by atoms with E-state index in [0.717, 1.165) is 11.1 Å². The Balaban J connectivity index is 1.54. The van der Waals surface area contributed by atoms with Crippen LogP contribution in [-0.4, -0.2) is 34.1 Å². The average molecular weight is 378 g/mol. The lowest BCUT2D eigenvalue weighted by molar-refractivity contribution is -0.123. The summed E-state index contributed by atoms with van der Waals surface area (Å²) in [4.78, 5) is 35.8. The molecule has 0 bridgehead atoms. The van der Waals surface area contributed by atoms with Gasteiger partial charge in [-0.25, -0.2) is 4.79 Å². The van der Waals surface area contributed by atoms with Gasteiger partial charge in [0.1, 0.15) is 11.4 Å². The van der Waals surface area contributed by atoms with Crippen molar-refractivity contribution in [3.05, 3.63) is 78.1 Å². The first kappa shape index (κ1) is 18.9. The monoisotopic (exact) mass is 378 g/mol. The first-order valence-corrected chi connectivity index (χ1v) is 8.46. The summed E-state index contributed by atoms with van der Waals surface area (Å²) in [5, 5.41) is 11.5. The van der Waals surface area contributed by atoms with Crippen LogP contribution in [0.3, 0.4) is 0 Å². The Bertz CT molecular complexity index is 1000. The molecule has 1 heterocycles. The van der Waals surface area contributed by atoms with Crippen LogP contribution in [0.5, 0.6) is 5.75 Å². The largest absolute Gasteiger partial charge is 0.508 e. The van der Waals surface area contributed by atoms with Crippen molar-refractivity contribution in [1.29, 1.82) is 0 Å². The van der Waals surface area contributed by atoms with Crippen LogP contribution in [0.1, 0.15) is 20.8 Å². The summed E-state index contributed by atoms with van der Waals surface area (Å²) >= 11 is 0. The molecule has 0 atom stereocenters. The molecule has 2 amide bonds. The zero-order chi connectivity index (χ0) is 20.1. The van der Waals surface area contributed by atoms with Crippen LogP contribution in [0.4, 0.5) is 0 Å². The quantitative estimate of drug-likeness (QED) is 0.665. The highest BCUT2D eigenvalue weighted by Crippen LogP contribution is 2.22. The van der Waals surface area contributed by atoms with Gasteiger partial charge < -0.3 is 14.4 Å². The Labute approximate surface area is 161 Å². The molecular formula is C21H18N2O5. The molecule has 7 nitrogen and oxygen atoms in total. The first-order chi connectivity index (χ1) is 13.4. The molecule has 0 saturated heterocycles. The lowest BCUT2D eigenvalue weighted by Crippen LogP contribution is -2.35. The molecule has 3 aromatic rings. The third-order valence-electron chi connectivity index (χ3n) is 4.08. The number of nitrogens with one attached hydrogen (secondary N) is 1. The second-order valence-electron chi connectivity index (χ2n) is 6.08. The Morgan fingerprint density at radius 3 is 2.14 bits per heavy atom. The fraction of sp³-hybridized carbons (Fsp3) is 0.0952. The molecule has 2 N–H and O–H groups in total. The molecule has 0 spiro atoms. The standard InChI is InChI=1S/C21H18N2O5/c1-23-12-2-3-18(23)20(26)22-19(25)13-28-21(27)16-6-4-14(5-7-16)15-8-10-17(24)11-9-15/h2-12,24H,13H2,1H3,(H,22,25,26). The predicted molar refractivity (Wildman–Crippen MR) is 102 cm³/mol. The number of aromatic hydroxyl groups is 1. The maximum Gasteiger partial charge on any atom is 0.338 e. The SMILES string of the molecule is Cn1cccc1C(=O)NC(=O)COC(=O)c1ccc(-c2ccc(O)cc2)cc1. The van der Waals surface area contributed by atoms with Gasteiger partial charge in [-0.1, -0.05) is 24.3 Å². The molecule has 0 aliphatic carbocycles. The molecular weight excluding hydrogens is 360 g/mol. The maximum atomic E-state index is 12.1. The number of imide groups is 1. The molecule has 0 unspecified atom stereocenters. The summed E-state index contributed by atoms with van der Waals surface area (Å²) in [6.07, 6.45) is 1.68. The van der Waals surface area contributed by atoms with Crippen LogP contribution in [0, 0.1) is 0 Å². The van der Waals surface area contributed by atoms with Crippen molar-refractivity contribution < 1.29 is 24.2 Å². The zero-order valence-corrected chi connectivity index (χ0v) is 15.1. The summed E-state index contributed by atoms with van der Waals surface area (Å²) in [5.74, 6) is -1.77. The van der Waals surface area contributed by atoms with Gasteiger partial charge in [-0.15, -0.1) is 0 Å². The third-order valence-corrected chi connectivity index (χ3v) is 4.08. The molecule has 2 aromatic carbocycles. The van der Waals surface area contributed by atoms with Crippen LogP contribution < -0.4 is 5.32 Å². The normalized spacial score (nSPS) is 10.3. The Morgan fingerprint density at radius 2 is 1.57 bits per heavy atom. The third kappa shape index (κ3) is 4.45. The van der Waals surface area contributed by atoms with E-state index in [0.29, 0.717) is 5.69 Å². The Hall–Kier alpha value is -3.87. The van der Waals surface area contributed by atoms with Gasteiger partial charge in [-0.2, -0.15) is 0 Å². The van der Waals surface area contributed by atoms with Gasteiger partial charge in [0, 0.05) is 13.2 Å². The van der Waals surface area contributed by atoms with E-state index in [1.54, 1.807) is 78.5 Å². The number of hydrogen-bond acceptors (Lipinski definition) is 5. The van der Waals surface area contributed by atoms with Gasteiger partial charge in [0.15, 0.2) is 6.61 Å². The highest BCUT2D eigenvalue weighted by molar-refractivity contribution is 6.04. The predicted octanol–water partition coefficient (Wildman–Crippen LogP) is 2.51. The first-order valence-electron chi connectivity index (χ1n) is 8.46. The van der Waals surface area contributed by atoms with Crippen LogP contribution in [0.25, 0.3) is 11.1 Å². The fourth-order valence-corrected chi connectivity index (χ4v) is 2.59. The molecule has 0 radical (unpaired) electrons. The number of amides is 2. The molecule has 0 fully saturated rings. The van der Waals surface area contributed by atoms with Gasteiger partial charge in [0.25, 0.3) is 11.8 Å². The highest BCUT2D eigenvalue weighted by atomic mass is 16.5. The van der Waals surface area contributed by atoms with Crippen molar-refractivity contribution in [3.63, 3.8) is 0 Å². The van der Waals surface area contributed by atoms with Crippen molar-refractivity contribution in [1.82, 2.24) is 9.88 Å². The van der Waals surface area contributed by atoms with E-state index in [1.807, 2.05) is 0 Å². The van der Waals surface area contributed by atoms with Crippen LogP contribution >= 0.6 is 0 Å². The van der Waals surface area contributed by atoms with E-state index >= 15 is 0 Å². The number of carbonyl (C=O) groups excluding carboxylic acids is 3. The molecule has 3 rings (SSSR count). The minimum Gasteiger partial charge on any atom is -0.508 e. The molecule has 7 heteroatoms. The highest BCUT2D eigenvalue weighted by Gasteiger charge is 2.15. The van der Waals surface area contributed by atoms with Crippen molar-refractivity contribution in [2.24, 2.45) is 7.05 Å². The zero-order valence-electron chi connectivity index (χ0n) is 15.1. The number of benzene rings is 2.